The number of carbonyl (C=O) groups is 3. The lowest BCUT2D eigenvalue weighted by molar-refractivity contribution is -0.134. The van der Waals surface area contributed by atoms with Gasteiger partial charge in [0.1, 0.15) is 0 Å². The van der Waals surface area contributed by atoms with Gasteiger partial charge in [-0.1, -0.05) is 0 Å². The number of piperidine rings is 1. The van der Waals surface area contributed by atoms with E-state index in [4.69, 9.17) is 0 Å². The molecule has 0 aliphatic carbocycles. The highest BCUT2D eigenvalue weighted by Gasteiger charge is 2.26. The van der Waals surface area contributed by atoms with E-state index in [1.54, 1.807) is 0 Å². The molecule has 3 amide bonds. The maximum atomic E-state index is 11.6. The Balaban J connectivity index is 1.92. The second kappa shape index (κ2) is 5.94. The van der Waals surface area contributed by atoms with Crippen molar-refractivity contribution in [3.05, 3.63) is 16.3 Å². The molecular formula is C12H15N3O3S. The highest BCUT2D eigenvalue weighted by atomic mass is 32.1. The molecule has 1 aliphatic rings. The standard InChI is InChI=1S/C12H15N3O3S/c1-7(16)14-8-4-5-19-10(8)6-13-9-2-3-11(17)15-12(9)18/h4-5,9,13H,2-3,6H2,1H3,(H,14,16)(H,15,17,18). The third-order valence-corrected chi connectivity index (χ3v) is 3.73. The number of thiophene rings is 1. The van der Waals surface area contributed by atoms with Crippen LogP contribution in [0.3, 0.4) is 0 Å². The van der Waals surface area contributed by atoms with E-state index >= 15 is 0 Å². The molecule has 1 aliphatic heterocycles. The first kappa shape index (κ1) is 13.7. The minimum absolute atomic E-state index is 0.124. The summed E-state index contributed by atoms with van der Waals surface area (Å²) in [4.78, 5) is 34.6. The summed E-state index contributed by atoms with van der Waals surface area (Å²) < 4.78 is 0. The van der Waals surface area contributed by atoms with Crippen molar-refractivity contribution in [3.63, 3.8) is 0 Å². The second-order valence-corrected chi connectivity index (χ2v) is 5.32. The molecule has 1 fully saturated rings. The number of carbonyl (C=O) groups excluding carboxylic acids is 3. The zero-order valence-electron chi connectivity index (χ0n) is 10.5. The molecule has 2 heterocycles. The molecule has 1 aromatic heterocycles. The summed E-state index contributed by atoms with van der Waals surface area (Å²) in [7, 11) is 0. The molecular weight excluding hydrogens is 266 g/mol. The Bertz CT molecular complexity index is 512. The summed E-state index contributed by atoms with van der Waals surface area (Å²) in [5, 5.41) is 10.0. The van der Waals surface area contributed by atoms with Gasteiger partial charge in [-0.25, -0.2) is 0 Å². The summed E-state index contributed by atoms with van der Waals surface area (Å²) in [6.45, 7) is 1.94. The molecule has 0 aromatic carbocycles. The van der Waals surface area contributed by atoms with Crippen LogP contribution < -0.4 is 16.0 Å². The van der Waals surface area contributed by atoms with Crippen LogP contribution in [0.1, 0.15) is 24.6 Å². The second-order valence-electron chi connectivity index (χ2n) is 4.32. The van der Waals surface area contributed by atoms with E-state index in [2.05, 4.69) is 16.0 Å². The summed E-state index contributed by atoms with van der Waals surface area (Å²) >= 11 is 1.51. The van der Waals surface area contributed by atoms with Crippen LogP contribution in [0, 0.1) is 0 Å². The van der Waals surface area contributed by atoms with E-state index in [9.17, 15) is 14.4 Å². The van der Waals surface area contributed by atoms with Gasteiger partial charge in [-0.05, 0) is 17.9 Å². The lowest BCUT2D eigenvalue weighted by Gasteiger charge is -2.21. The SMILES string of the molecule is CC(=O)Nc1ccsc1CNC1CCC(=O)NC1=O. The molecule has 0 bridgehead atoms. The molecule has 19 heavy (non-hydrogen) atoms. The van der Waals surface area contributed by atoms with Crippen molar-refractivity contribution >= 4 is 34.7 Å². The Morgan fingerprint density at radius 1 is 1.53 bits per heavy atom. The molecule has 0 saturated carbocycles. The van der Waals surface area contributed by atoms with E-state index in [-0.39, 0.29) is 23.8 Å². The number of amides is 3. The summed E-state index contributed by atoms with van der Waals surface area (Å²) in [6, 6.07) is 1.47. The van der Waals surface area contributed by atoms with Crippen molar-refractivity contribution in [2.45, 2.75) is 32.4 Å². The quantitative estimate of drug-likeness (QED) is 0.705. The van der Waals surface area contributed by atoms with Gasteiger partial charge in [-0.15, -0.1) is 11.3 Å². The fourth-order valence-electron chi connectivity index (χ4n) is 1.88. The third kappa shape index (κ3) is 3.62. The van der Waals surface area contributed by atoms with Gasteiger partial charge in [-0.2, -0.15) is 0 Å². The number of hydrogen-bond acceptors (Lipinski definition) is 5. The van der Waals surface area contributed by atoms with Crippen LogP contribution in [0.2, 0.25) is 0 Å². The number of anilines is 1. The van der Waals surface area contributed by atoms with E-state index in [0.29, 0.717) is 19.4 Å². The first-order chi connectivity index (χ1) is 9.06. The molecule has 0 spiro atoms. The molecule has 1 saturated heterocycles. The topological polar surface area (TPSA) is 87.3 Å². The minimum Gasteiger partial charge on any atom is -0.325 e. The number of rotatable bonds is 4. The summed E-state index contributed by atoms with van der Waals surface area (Å²) in [6.07, 6.45) is 0.859. The van der Waals surface area contributed by atoms with Crippen molar-refractivity contribution in [2.75, 3.05) is 5.32 Å². The lowest BCUT2D eigenvalue weighted by Crippen LogP contribution is -2.50. The van der Waals surface area contributed by atoms with Gasteiger partial charge in [0, 0.05) is 24.8 Å². The first-order valence-corrected chi connectivity index (χ1v) is 6.85. The van der Waals surface area contributed by atoms with Crippen molar-refractivity contribution in [1.29, 1.82) is 0 Å². The van der Waals surface area contributed by atoms with Gasteiger partial charge in [-0.3, -0.25) is 19.7 Å². The van der Waals surface area contributed by atoms with Crippen LogP contribution in [-0.2, 0) is 20.9 Å². The van der Waals surface area contributed by atoms with Gasteiger partial charge in [0.15, 0.2) is 0 Å². The largest absolute Gasteiger partial charge is 0.325 e. The lowest BCUT2D eigenvalue weighted by atomic mass is 10.1. The van der Waals surface area contributed by atoms with Crippen LogP contribution in [0.15, 0.2) is 11.4 Å². The number of imide groups is 1. The predicted molar refractivity (Wildman–Crippen MR) is 71.6 cm³/mol. The smallest absolute Gasteiger partial charge is 0.243 e. The minimum atomic E-state index is -0.357. The van der Waals surface area contributed by atoms with E-state index in [0.717, 1.165) is 10.6 Å². The molecule has 7 heteroatoms. The van der Waals surface area contributed by atoms with Crippen molar-refractivity contribution in [3.8, 4) is 0 Å². The molecule has 6 nitrogen and oxygen atoms in total. The van der Waals surface area contributed by atoms with Gasteiger partial charge in [0.2, 0.25) is 17.7 Å². The van der Waals surface area contributed by atoms with E-state index in [1.807, 2.05) is 11.4 Å². The van der Waals surface area contributed by atoms with Crippen LogP contribution in [0.25, 0.3) is 0 Å². The van der Waals surface area contributed by atoms with Gasteiger partial charge in [0.25, 0.3) is 0 Å². The molecule has 102 valence electrons. The molecule has 1 atom stereocenters. The highest BCUT2D eigenvalue weighted by molar-refractivity contribution is 7.10. The van der Waals surface area contributed by atoms with E-state index in [1.165, 1.54) is 18.3 Å². The Morgan fingerprint density at radius 3 is 3.00 bits per heavy atom. The van der Waals surface area contributed by atoms with Crippen LogP contribution in [0.4, 0.5) is 5.69 Å². The fraction of sp³-hybridized carbons (Fsp3) is 0.417. The average Bonchev–Trinajstić information content (AvgIpc) is 2.74. The molecule has 2 rings (SSSR count). The normalized spacial score (nSPS) is 19.1. The monoisotopic (exact) mass is 281 g/mol. The van der Waals surface area contributed by atoms with Crippen molar-refractivity contribution < 1.29 is 14.4 Å². The van der Waals surface area contributed by atoms with E-state index < -0.39 is 0 Å². The van der Waals surface area contributed by atoms with Crippen LogP contribution >= 0.6 is 11.3 Å². The van der Waals surface area contributed by atoms with Gasteiger partial charge in [0.05, 0.1) is 11.7 Å². The van der Waals surface area contributed by atoms with Gasteiger partial charge < -0.3 is 10.6 Å². The van der Waals surface area contributed by atoms with Crippen molar-refractivity contribution in [1.82, 2.24) is 10.6 Å². The summed E-state index contributed by atoms with van der Waals surface area (Å²) in [5.41, 5.74) is 0.761. The maximum absolute atomic E-state index is 11.6. The molecule has 1 aromatic rings. The Labute approximate surface area is 114 Å². The molecule has 3 N–H and O–H groups in total. The average molecular weight is 281 g/mol. The Kier molecular flexibility index (Phi) is 4.28. The maximum Gasteiger partial charge on any atom is 0.243 e. The number of nitrogens with one attached hydrogen (secondary N) is 3. The zero-order valence-corrected chi connectivity index (χ0v) is 11.3. The highest BCUT2D eigenvalue weighted by Crippen LogP contribution is 2.22. The van der Waals surface area contributed by atoms with Crippen molar-refractivity contribution in [2.24, 2.45) is 0 Å². The Morgan fingerprint density at radius 2 is 2.32 bits per heavy atom. The fourth-order valence-corrected chi connectivity index (χ4v) is 2.66. The van der Waals surface area contributed by atoms with Crippen LogP contribution in [-0.4, -0.2) is 23.8 Å². The number of hydrogen-bond donors (Lipinski definition) is 3. The Hall–Kier alpha value is -1.73. The summed E-state index contributed by atoms with van der Waals surface area (Å²) in [5.74, 6) is -0.632. The molecule has 0 radical (unpaired) electrons. The first-order valence-electron chi connectivity index (χ1n) is 5.97. The van der Waals surface area contributed by atoms with Gasteiger partial charge >= 0.3 is 0 Å². The zero-order chi connectivity index (χ0) is 13.8. The molecule has 1 unspecified atom stereocenters. The predicted octanol–water partition coefficient (Wildman–Crippen LogP) is 0.601. The third-order valence-electron chi connectivity index (χ3n) is 2.80. The van der Waals surface area contributed by atoms with Crippen LogP contribution in [0.5, 0.6) is 0 Å².